The smallest absolute Gasteiger partial charge is 0.0951 e. The summed E-state index contributed by atoms with van der Waals surface area (Å²) in [6.45, 7) is 0. The third kappa shape index (κ3) is 2.77. The van der Waals surface area contributed by atoms with Crippen molar-refractivity contribution < 1.29 is 0 Å². The van der Waals surface area contributed by atoms with E-state index in [1.807, 2.05) is 48.7 Å². The molecule has 0 aliphatic carbocycles. The van der Waals surface area contributed by atoms with Crippen molar-refractivity contribution in [2.45, 2.75) is 0 Å². The summed E-state index contributed by atoms with van der Waals surface area (Å²) in [6, 6.07) is 24.6. The highest BCUT2D eigenvalue weighted by atomic mass is 15.3. The molecule has 0 saturated carbocycles. The van der Waals surface area contributed by atoms with Crippen molar-refractivity contribution in [3.8, 4) is 0 Å². The van der Waals surface area contributed by atoms with Gasteiger partial charge in [-0.3, -0.25) is 10.4 Å². The van der Waals surface area contributed by atoms with E-state index in [0.29, 0.717) is 0 Å². The maximum absolute atomic E-state index is 4.41. The lowest BCUT2D eigenvalue weighted by molar-refractivity contribution is 1.33. The maximum Gasteiger partial charge on any atom is 0.0951 e. The molecule has 4 rings (SSSR count). The van der Waals surface area contributed by atoms with Crippen molar-refractivity contribution in [1.29, 1.82) is 0 Å². The van der Waals surface area contributed by atoms with Gasteiger partial charge in [-0.15, -0.1) is 0 Å². The highest BCUT2D eigenvalue weighted by Crippen LogP contribution is 2.20. The van der Waals surface area contributed by atoms with Crippen LogP contribution in [0.3, 0.4) is 0 Å². The number of nitrogens with one attached hydrogen (secondary N) is 1. The molecule has 0 amide bonds. The van der Waals surface area contributed by atoms with E-state index >= 15 is 0 Å². The molecule has 0 bridgehead atoms. The molecule has 1 aromatic heterocycles. The Labute approximate surface area is 134 Å². The molecule has 0 aliphatic heterocycles. The average molecular weight is 297 g/mol. The number of aromatic nitrogens is 1. The Hall–Kier alpha value is -3.20. The van der Waals surface area contributed by atoms with Crippen LogP contribution in [0, 0.1) is 0 Å². The molecule has 3 aromatic carbocycles. The summed E-state index contributed by atoms with van der Waals surface area (Å²) in [7, 11) is 0. The molecule has 0 aliphatic rings. The number of hydrazone groups is 1. The molecule has 0 radical (unpaired) electrons. The average Bonchev–Trinajstić information content (AvgIpc) is 2.62. The molecule has 1 heterocycles. The van der Waals surface area contributed by atoms with Crippen LogP contribution < -0.4 is 5.43 Å². The summed E-state index contributed by atoms with van der Waals surface area (Å²) in [5.41, 5.74) is 5.98. The van der Waals surface area contributed by atoms with Crippen LogP contribution in [0.1, 0.15) is 5.56 Å². The summed E-state index contributed by atoms with van der Waals surface area (Å²) in [4.78, 5) is 4.41. The maximum atomic E-state index is 4.41. The summed E-state index contributed by atoms with van der Waals surface area (Å²) in [6.07, 6.45) is 3.62. The molecule has 0 unspecified atom stereocenters. The summed E-state index contributed by atoms with van der Waals surface area (Å²) >= 11 is 0. The topological polar surface area (TPSA) is 37.3 Å². The first kappa shape index (κ1) is 13.5. The summed E-state index contributed by atoms with van der Waals surface area (Å²) in [5.74, 6) is 0. The van der Waals surface area contributed by atoms with Gasteiger partial charge in [0.1, 0.15) is 0 Å². The first-order chi connectivity index (χ1) is 11.4. The predicted octanol–water partition coefficient (Wildman–Crippen LogP) is 4.83. The minimum absolute atomic E-state index is 0.903. The second kappa shape index (κ2) is 5.89. The minimum Gasteiger partial charge on any atom is -0.276 e. The predicted molar refractivity (Wildman–Crippen MR) is 96.9 cm³/mol. The van der Waals surface area contributed by atoms with Crippen LogP contribution in [0.25, 0.3) is 21.7 Å². The number of nitrogens with zero attached hydrogens (tertiary/aromatic N) is 2. The number of rotatable bonds is 3. The molecule has 23 heavy (non-hydrogen) atoms. The van der Waals surface area contributed by atoms with Crippen molar-refractivity contribution >= 4 is 33.6 Å². The Kier molecular flexibility index (Phi) is 3.45. The molecule has 1 N–H and O–H groups in total. The number of hydrogen-bond acceptors (Lipinski definition) is 3. The van der Waals surface area contributed by atoms with Gasteiger partial charge in [0.05, 0.1) is 17.4 Å². The van der Waals surface area contributed by atoms with Gasteiger partial charge >= 0.3 is 0 Å². The van der Waals surface area contributed by atoms with Crippen molar-refractivity contribution in [2.24, 2.45) is 5.10 Å². The second-order valence-corrected chi connectivity index (χ2v) is 5.36. The van der Waals surface area contributed by atoms with E-state index in [9.17, 15) is 0 Å². The van der Waals surface area contributed by atoms with Crippen molar-refractivity contribution in [3.63, 3.8) is 0 Å². The van der Waals surface area contributed by atoms with Crippen LogP contribution >= 0.6 is 0 Å². The fourth-order valence-corrected chi connectivity index (χ4v) is 2.66. The molecular formula is C20H15N3. The molecular weight excluding hydrogens is 282 g/mol. The first-order valence-electron chi connectivity index (χ1n) is 7.52. The third-order valence-corrected chi connectivity index (χ3v) is 3.80. The Morgan fingerprint density at radius 1 is 0.783 bits per heavy atom. The van der Waals surface area contributed by atoms with E-state index in [0.717, 1.165) is 22.2 Å². The molecule has 0 fully saturated rings. The number of hydrogen-bond donors (Lipinski definition) is 1. The van der Waals surface area contributed by atoms with Crippen molar-refractivity contribution in [3.05, 3.63) is 84.6 Å². The highest BCUT2D eigenvalue weighted by molar-refractivity contribution is 5.92. The lowest BCUT2D eigenvalue weighted by Gasteiger charge is -2.04. The molecule has 0 atom stereocenters. The Morgan fingerprint density at radius 3 is 2.57 bits per heavy atom. The second-order valence-electron chi connectivity index (χ2n) is 5.36. The van der Waals surface area contributed by atoms with Crippen LogP contribution in [-0.2, 0) is 0 Å². The van der Waals surface area contributed by atoms with Crippen LogP contribution in [-0.4, -0.2) is 11.2 Å². The molecule has 3 nitrogen and oxygen atoms in total. The van der Waals surface area contributed by atoms with Gasteiger partial charge in [-0.2, -0.15) is 5.10 Å². The van der Waals surface area contributed by atoms with Gasteiger partial charge in [0.15, 0.2) is 0 Å². The van der Waals surface area contributed by atoms with E-state index in [2.05, 4.69) is 45.8 Å². The van der Waals surface area contributed by atoms with Crippen LogP contribution in [0.4, 0.5) is 5.69 Å². The summed E-state index contributed by atoms with van der Waals surface area (Å²) in [5, 5.41) is 7.89. The van der Waals surface area contributed by atoms with Gasteiger partial charge in [-0.1, -0.05) is 54.6 Å². The van der Waals surface area contributed by atoms with E-state index in [1.165, 1.54) is 10.8 Å². The first-order valence-corrected chi connectivity index (χ1v) is 7.52. The summed E-state index contributed by atoms with van der Waals surface area (Å²) < 4.78 is 0. The van der Waals surface area contributed by atoms with E-state index in [4.69, 9.17) is 0 Å². The standard InChI is InChI=1S/C20H15N3/c1-2-6-18-13-15(10-11-16(18)5-1)14-22-23-19-9-3-7-17-8-4-12-21-20(17)19/h1-14,23H/b22-14-. The van der Waals surface area contributed by atoms with Crippen LogP contribution in [0.2, 0.25) is 0 Å². The number of benzene rings is 3. The fraction of sp³-hybridized carbons (Fsp3) is 0. The lowest BCUT2D eigenvalue weighted by atomic mass is 10.1. The number of para-hydroxylation sites is 1. The third-order valence-electron chi connectivity index (χ3n) is 3.80. The van der Waals surface area contributed by atoms with Crippen LogP contribution in [0.15, 0.2) is 84.1 Å². The van der Waals surface area contributed by atoms with Gasteiger partial charge in [0, 0.05) is 11.6 Å². The van der Waals surface area contributed by atoms with E-state index in [1.54, 1.807) is 6.20 Å². The Morgan fingerprint density at radius 2 is 1.61 bits per heavy atom. The minimum atomic E-state index is 0.903. The van der Waals surface area contributed by atoms with Gasteiger partial charge in [0.2, 0.25) is 0 Å². The molecule has 0 saturated heterocycles. The molecule has 0 spiro atoms. The van der Waals surface area contributed by atoms with Crippen molar-refractivity contribution in [2.75, 3.05) is 5.43 Å². The Bertz CT molecular complexity index is 1000. The number of pyridine rings is 1. The normalized spacial score (nSPS) is 11.3. The number of anilines is 1. The SMILES string of the molecule is C(=N/Nc1cccc2cccnc12)/c1ccc2ccccc2c1. The van der Waals surface area contributed by atoms with E-state index in [-0.39, 0.29) is 0 Å². The van der Waals surface area contributed by atoms with Gasteiger partial charge in [-0.05, 0) is 34.5 Å². The quantitative estimate of drug-likeness (QED) is 0.434. The molecule has 3 heteroatoms. The largest absolute Gasteiger partial charge is 0.276 e. The lowest BCUT2D eigenvalue weighted by Crippen LogP contribution is -1.93. The van der Waals surface area contributed by atoms with Gasteiger partial charge in [-0.25, -0.2) is 0 Å². The fourth-order valence-electron chi connectivity index (χ4n) is 2.66. The van der Waals surface area contributed by atoms with Gasteiger partial charge < -0.3 is 0 Å². The zero-order valence-electron chi connectivity index (χ0n) is 12.5. The number of fused-ring (bicyclic) bond motifs is 2. The molecule has 110 valence electrons. The Balaban J connectivity index is 1.60. The van der Waals surface area contributed by atoms with Crippen LogP contribution in [0.5, 0.6) is 0 Å². The zero-order valence-corrected chi connectivity index (χ0v) is 12.5. The molecule has 4 aromatic rings. The zero-order chi connectivity index (χ0) is 15.5. The monoisotopic (exact) mass is 297 g/mol. The van der Waals surface area contributed by atoms with Gasteiger partial charge in [0.25, 0.3) is 0 Å². The highest BCUT2D eigenvalue weighted by Gasteiger charge is 1.99. The van der Waals surface area contributed by atoms with Crippen molar-refractivity contribution in [1.82, 2.24) is 4.98 Å². The van der Waals surface area contributed by atoms with E-state index < -0.39 is 0 Å².